The Morgan fingerprint density at radius 1 is 1.08 bits per heavy atom. The summed E-state index contributed by atoms with van der Waals surface area (Å²) < 4.78 is 0. The number of hydrogen-bond acceptors (Lipinski definition) is 6. The first-order valence-electron chi connectivity index (χ1n) is 11.2. The average Bonchev–Trinajstić information content (AvgIpc) is 2.90. The molecule has 4 aromatic rings. The first-order valence-corrected chi connectivity index (χ1v) is 11.5. The van der Waals surface area contributed by atoms with Crippen LogP contribution in [0.3, 0.4) is 0 Å². The van der Waals surface area contributed by atoms with Crippen LogP contribution in [-0.4, -0.2) is 45.3 Å². The fourth-order valence-corrected chi connectivity index (χ4v) is 3.75. The lowest BCUT2D eigenvalue weighted by Gasteiger charge is -2.09. The van der Waals surface area contributed by atoms with Crippen molar-refractivity contribution in [1.29, 1.82) is 0 Å². The molecule has 0 bridgehead atoms. The van der Waals surface area contributed by atoms with Crippen LogP contribution in [-0.2, 0) is 4.79 Å². The van der Waals surface area contributed by atoms with Crippen molar-refractivity contribution in [2.45, 2.75) is 13.0 Å². The van der Waals surface area contributed by atoms with Gasteiger partial charge in [0.2, 0.25) is 0 Å². The molecular weight excluding hydrogens is 492 g/mol. The fraction of sp³-hybridized carbons (Fsp3) is 0.107. The fourth-order valence-electron chi connectivity index (χ4n) is 3.52. The number of amides is 1. The molecule has 0 fully saturated rings. The molecule has 0 saturated heterocycles. The number of hydrogen-bond donors (Lipinski definition) is 3. The van der Waals surface area contributed by atoms with Crippen LogP contribution in [0.4, 0.5) is 0 Å². The monoisotopic (exact) mass is 512 g/mol. The SMILES string of the molecule is CC(=O)c1cc(-c2ccc(C#Cc3ccc(C(=O)NCC(N)C(=O)O)cc3Cl)cc2)nc2ccncc12. The number of benzene rings is 2. The highest BCUT2D eigenvalue weighted by atomic mass is 35.5. The molecule has 2 aromatic heterocycles. The number of carboxylic acids is 1. The summed E-state index contributed by atoms with van der Waals surface area (Å²) in [6.07, 6.45) is 3.28. The van der Waals surface area contributed by atoms with Crippen molar-refractivity contribution >= 4 is 40.2 Å². The minimum absolute atomic E-state index is 0.0617. The Hall–Kier alpha value is -4.58. The molecule has 9 heteroatoms. The number of aliphatic carboxylic acids is 1. The topological polar surface area (TPSA) is 135 Å². The molecule has 8 nitrogen and oxygen atoms in total. The van der Waals surface area contributed by atoms with E-state index in [-0.39, 0.29) is 22.9 Å². The average molecular weight is 513 g/mol. The van der Waals surface area contributed by atoms with Crippen LogP contribution in [0.5, 0.6) is 0 Å². The van der Waals surface area contributed by atoms with E-state index in [9.17, 15) is 14.4 Å². The van der Waals surface area contributed by atoms with E-state index in [1.165, 1.54) is 13.0 Å². The molecule has 2 aromatic carbocycles. The number of carbonyl (C=O) groups excluding carboxylic acids is 2. The van der Waals surface area contributed by atoms with Gasteiger partial charge >= 0.3 is 5.97 Å². The molecule has 0 aliphatic heterocycles. The van der Waals surface area contributed by atoms with Crippen LogP contribution >= 0.6 is 11.6 Å². The molecule has 0 aliphatic rings. The third kappa shape index (κ3) is 5.98. The van der Waals surface area contributed by atoms with Crippen molar-refractivity contribution in [1.82, 2.24) is 15.3 Å². The Kier molecular flexibility index (Phi) is 7.58. The van der Waals surface area contributed by atoms with Crippen LogP contribution in [0.15, 0.2) is 67.0 Å². The molecule has 0 saturated carbocycles. The van der Waals surface area contributed by atoms with Crippen molar-refractivity contribution in [3.05, 3.63) is 94.3 Å². The van der Waals surface area contributed by atoms with Gasteiger partial charge in [-0.05, 0) is 49.4 Å². The van der Waals surface area contributed by atoms with E-state index in [0.29, 0.717) is 27.7 Å². The number of aromatic nitrogens is 2. The van der Waals surface area contributed by atoms with Crippen LogP contribution in [0.2, 0.25) is 5.02 Å². The Balaban J connectivity index is 1.51. The summed E-state index contributed by atoms with van der Waals surface area (Å²) in [7, 11) is 0. The lowest BCUT2D eigenvalue weighted by Crippen LogP contribution is -2.42. The minimum Gasteiger partial charge on any atom is -0.480 e. The van der Waals surface area contributed by atoms with Gasteiger partial charge in [-0.3, -0.25) is 19.4 Å². The zero-order chi connectivity index (χ0) is 26.5. The number of rotatable bonds is 6. The first-order chi connectivity index (χ1) is 17.7. The van der Waals surface area contributed by atoms with Crippen LogP contribution < -0.4 is 11.1 Å². The number of carboxylic acid groups (broad SMARTS) is 1. The van der Waals surface area contributed by atoms with Gasteiger partial charge in [-0.2, -0.15) is 0 Å². The maximum Gasteiger partial charge on any atom is 0.322 e. The van der Waals surface area contributed by atoms with Crippen LogP contribution in [0.1, 0.15) is 38.8 Å². The molecule has 0 spiro atoms. The Morgan fingerprint density at radius 2 is 1.84 bits per heavy atom. The van der Waals surface area contributed by atoms with Gasteiger partial charge in [0, 0.05) is 52.1 Å². The molecule has 1 unspecified atom stereocenters. The van der Waals surface area contributed by atoms with Crippen molar-refractivity contribution in [3.8, 4) is 23.1 Å². The number of halogens is 1. The van der Waals surface area contributed by atoms with Gasteiger partial charge in [0.15, 0.2) is 5.78 Å². The zero-order valence-electron chi connectivity index (χ0n) is 19.7. The quantitative estimate of drug-likeness (QED) is 0.265. The van der Waals surface area contributed by atoms with E-state index in [1.807, 2.05) is 24.3 Å². The standard InChI is InChI=1S/C28H21ClN4O4/c1-16(34)21-13-26(33-25-10-11-31-14-22(21)25)19-6-3-17(4-7-19)2-5-18-8-9-20(12-23(18)29)27(35)32-15-24(30)28(36)37/h3-4,6-14,24H,15,30H2,1H3,(H,32,35)(H,36,37). The van der Waals surface area contributed by atoms with Crippen LogP contribution in [0.25, 0.3) is 22.2 Å². The Labute approximate surface area is 217 Å². The Morgan fingerprint density at radius 3 is 2.51 bits per heavy atom. The molecule has 2 heterocycles. The predicted molar refractivity (Wildman–Crippen MR) is 140 cm³/mol. The molecule has 1 atom stereocenters. The second kappa shape index (κ2) is 11.0. The number of nitrogens with one attached hydrogen (secondary N) is 1. The number of pyridine rings is 2. The minimum atomic E-state index is -1.20. The first kappa shape index (κ1) is 25.5. The highest BCUT2D eigenvalue weighted by Crippen LogP contribution is 2.25. The van der Waals surface area contributed by atoms with Crippen molar-refractivity contribution in [2.75, 3.05) is 6.54 Å². The summed E-state index contributed by atoms with van der Waals surface area (Å²) in [6.45, 7) is 1.31. The number of nitrogens with two attached hydrogens (primary N) is 1. The second-order valence-corrected chi connectivity index (χ2v) is 8.59. The largest absolute Gasteiger partial charge is 0.480 e. The second-order valence-electron chi connectivity index (χ2n) is 8.18. The molecule has 4 N–H and O–H groups in total. The predicted octanol–water partition coefficient (Wildman–Crippen LogP) is 3.69. The summed E-state index contributed by atoms with van der Waals surface area (Å²) in [5.41, 5.74) is 9.69. The number of Topliss-reactive ketones (excluding diaryl/α,β-unsaturated/α-hetero) is 1. The third-order valence-electron chi connectivity index (χ3n) is 5.54. The van der Waals surface area contributed by atoms with Gasteiger partial charge in [-0.25, -0.2) is 4.98 Å². The molecule has 1 amide bonds. The van der Waals surface area contributed by atoms with Gasteiger partial charge in [-0.1, -0.05) is 35.6 Å². The van der Waals surface area contributed by atoms with E-state index in [2.05, 4.69) is 27.1 Å². The summed E-state index contributed by atoms with van der Waals surface area (Å²) in [5, 5.41) is 12.3. The smallest absolute Gasteiger partial charge is 0.322 e. The summed E-state index contributed by atoms with van der Waals surface area (Å²) in [4.78, 5) is 43.9. The number of carbonyl (C=O) groups is 3. The lowest BCUT2D eigenvalue weighted by atomic mass is 10.0. The lowest BCUT2D eigenvalue weighted by molar-refractivity contribution is -0.138. The number of nitrogens with zero attached hydrogens (tertiary/aromatic N) is 2. The van der Waals surface area contributed by atoms with E-state index >= 15 is 0 Å². The molecule has 184 valence electrons. The molecule has 0 radical (unpaired) electrons. The number of ketones is 1. The van der Waals surface area contributed by atoms with Gasteiger partial charge in [0.25, 0.3) is 5.91 Å². The van der Waals surface area contributed by atoms with E-state index in [4.69, 9.17) is 22.4 Å². The summed E-state index contributed by atoms with van der Waals surface area (Å²) in [6, 6.07) is 14.4. The maximum atomic E-state index is 12.2. The van der Waals surface area contributed by atoms with Gasteiger partial charge in [-0.15, -0.1) is 0 Å². The molecule has 0 aliphatic carbocycles. The maximum absolute atomic E-state index is 12.2. The van der Waals surface area contributed by atoms with Gasteiger partial charge < -0.3 is 16.2 Å². The van der Waals surface area contributed by atoms with Crippen molar-refractivity contribution in [3.63, 3.8) is 0 Å². The van der Waals surface area contributed by atoms with E-state index in [1.54, 1.807) is 36.7 Å². The molecular formula is C28H21ClN4O4. The van der Waals surface area contributed by atoms with E-state index < -0.39 is 17.9 Å². The van der Waals surface area contributed by atoms with Crippen LogP contribution in [0, 0.1) is 11.8 Å². The van der Waals surface area contributed by atoms with Gasteiger partial charge in [0.05, 0.1) is 16.2 Å². The Bertz CT molecular complexity index is 1590. The van der Waals surface area contributed by atoms with Crippen molar-refractivity contribution < 1.29 is 19.5 Å². The summed E-state index contributed by atoms with van der Waals surface area (Å²) >= 11 is 6.30. The van der Waals surface area contributed by atoms with Crippen molar-refractivity contribution in [2.24, 2.45) is 5.73 Å². The zero-order valence-corrected chi connectivity index (χ0v) is 20.4. The normalized spacial score (nSPS) is 11.3. The number of fused-ring (bicyclic) bond motifs is 1. The van der Waals surface area contributed by atoms with E-state index in [0.717, 1.165) is 11.1 Å². The molecule has 37 heavy (non-hydrogen) atoms. The summed E-state index contributed by atoms with van der Waals surface area (Å²) in [5.74, 6) is 4.28. The molecule has 4 rings (SSSR count). The highest BCUT2D eigenvalue weighted by molar-refractivity contribution is 6.32. The highest BCUT2D eigenvalue weighted by Gasteiger charge is 2.14. The van der Waals surface area contributed by atoms with Gasteiger partial charge in [0.1, 0.15) is 6.04 Å². The third-order valence-corrected chi connectivity index (χ3v) is 5.86.